The third-order valence-corrected chi connectivity index (χ3v) is 11.5. The van der Waals surface area contributed by atoms with Crippen LogP contribution in [0.15, 0.2) is 91.1 Å². The zero-order valence-electron chi connectivity index (χ0n) is 34.4. The quantitative estimate of drug-likeness (QED) is 0.177. The van der Waals surface area contributed by atoms with E-state index in [0.717, 1.165) is 33.4 Å². The lowest BCUT2D eigenvalue weighted by Gasteiger charge is -2.40. The van der Waals surface area contributed by atoms with Gasteiger partial charge in [0.2, 0.25) is 17.7 Å². The first-order chi connectivity index (χ1) is 28.1. The predicted octanol–water partition coefficient (Wildman–Crippen LogP) is 6.84. The Balaban J connectivity index is 1.07. The number of benzene rings is 3. The summed E-state index contributed by atoms with van der Waals surface area (Å²) >= 11 is 0. The van der Waals surface area contributed by atoms with Gasteiger partial charge in [-0.15, -0.1) is 0 Å². The summed E-state index contributed by atoms with van der Waals surface area (Å²) in [6.45, 7) is 8.21. The number of carbonyl (C=O) groups excluding carboxylic acids is 5. The van der Waals surface area contributed by atoms with Crippen LogP contribution in [0.3, 0.4) is 0 Å². The standard InChI is InChI=1S/C46H52N6O7/c1-44(2,3)59-42(56)50(5)27-33-14-9-10-15-34(33)28-52(41(55)45(4)19-22-51(23-20-45)43(57)58-30-31-12-7-6-8-13-31)29-38(53)48-36-18-17-32-25-46(26-35(32)24-36)37-16-11-21-47-39(37)49-40(46)54/h6-18,21,24H,19-20,22-23,25-30H2,1-5H3,(H,48,53)(H,47,49,54). The Morgan fingerprint density at radius 2 is 1.56 bits per heavy atom. The van der Waals surface area contributed by atoms with Crippen molar-refractivity contribution >= 4 is 41.4 Å². The minimum atomic E-state index is -0.867. The second-order valence-electron chi connectivity index (χ2n) is 17.2. The van der Waals surface area contributed by atoms with E-state index in [1.807, 2.05) is 113 Å². The predicted molar refractivity (Wildman–Crippen MR) is 222 cm³/mol. The van der Waals surface area contributed by atoms with Crippen LogP contribution in [-0.4, -0.2) is 81.9 Å². The van der Waals surface area contributed by atoms with E-state index in [1.54, 1.807) is 23.0 Å². The highest BCUT2D eigenvalue weighted by atomic mass is 16.6. The zero-order chi connectivity index (χ0) is 42.0. The van der Waals surface area contributed by atoms with Crippen molar-refractivity contribution in [3.8, 4) is 0 Å². The normalized spacial score (nSPS) is 17.7. The number of amides is 5. The van der Waals surface area contributed by atoms with Crippen LogP contribution in [0, 0.1) is 5.41 Å². The fraction of sp³-hybridized carbons (Fsp3) is 0.391. The van der Waals surface area contributed by atoms with E-state index >= 15 is 0 Å². The number of anilines is 2. The highest BCUT2D eigenvalue weighted by molar-refractivity contribution is 6.06. The van der Waals surface area contributed by atoms with E-state index in [0.29, 0.717) is 50.3 Å². The van der Waals surface area contributed by atoms with Crippen molar-refractivity contribution in [2.24, 2.45) is 5.41 Å². The molecule has 59 heavy (non-hydrogen) atoms. The molecule has 1 saturated heterocycles. The lowest BCUT2D eigenvalue weighted by Crippen LogP contribution is -2.51. The fourth-order valence-electron chi connectivity index (χ4n) is 8.24. The van der Waals surface area contributed by atoms with Crippen LogP contribution in [0.5, 0.6) is 0 Å². The molecule has 7 rings (SSSR count). The Bertz CT molecular complexity index is 2250. The second-order valence-corrected chi connectivity index (χ2v) is 17.2. The maximum Gasteiger partial charge on any atom is 0.410 e. The summed E-state index contributed by atoms with van der Waals surface area (Å²) in [6.07, 6.45) is 2.53. The van der Waals surface area contributed by atoms with Gasteiger partial charge in [0.05, 0.1) is 5.41 Å². The van der Waals surface area contributed by atoms with Crippen molar-refractivity contribution in [2.45, 2.75) is 84.1 Å². The van der Waals surface area contributed by atoms with Gasteiger partial charge in [-0.3, -0.25) is 14.4 Å². The van der Waals surface area contributed by atoms with Crippen LogP contribution in [0.1, 0.15) is 73.9 Å². The number of rotatable bonds is 10. The third-order valence-electron chi connectivity index (χ3n) is 11.5. The van der Waals surface area contributed by atoms with Gasteiger partial charge in [-0.05, 0) is 92.5 Å². The van der Waals surface area contributed by atoms with E-state index in [9.17, 15) is 24.0 Å². The molecular formula is C46H52N6O7. The van der Waals surface area contributed by atoms with Crippen molar-refractivity contribution in [1.82, 2.24) is 19.7 Å². The van der Waals surface area contributed by atoms with E-state index in [2.05, 4.69) is 15.6 Å². The van der Waals surface area contributed by atoms with Crippen molar-refractivity contribution in [3.05, 3.63) is 125 Å². The van der Waals surface area contributed by atoms with Crippen LogP contribution in [0.2, 0.25) is 0 Å². The van der Waals surface area contributed by atoms with E-state index in [4.69, 9.17) is 9.47 Å². The molecule has 4 aromatic rings. The number of ether oxygens (including phenoxy) is 2. The topological polar surface area (TPSA) is 150 Å². The summed E-state index contributed by atoms with van der Waals surface area (Å²) in [4.78, 5) is 76.9. The second kappa shape index (κ2) is 16.6. The number of nitrogens with one attached hydrogen (secondary N) is 2. The zero-order valence-corrected chi connectivity index (χ0v) is 34.4. The average Bonchev–Trinajstić information content (AvgIpc) is 3.72. The average molecular weight is 801 g/mol. The van der Waals surface area contributed by atoms with Gasteiger partial charge in [-0.25, -0.2) is 14.6 Å². The number of hydrogen-bond donors (Lipinski definition) is 2. The van der Waals surface area contributed by atoms with E-state index < -0.39 is 28.6 Å². The smallest absolute Gasteiger partial charge is 0.410 e. The van der Waals surface area contributed by atoms with Gasteiger partial charge in [0.1, 0.15) is 24.6 Å². The molecule has 3 heterocycles. The molecular weight excluding hydrogens is 749 g/mol. The van der Waals surface area contributed by atoms with Crippen LogP contribution < -0.4 is 10.6 Å². The molecule has 3 aromatic carbocycles. The number of hydrogen-bond acceptors (Lipinski definition) is 8. The summed E-state index contributed by atoms with van der Waals surface area (Å²) in [6, 6.07) is 26.5. The van der Waals surface area contributed by atoms with E-state index in [-0.39, 0.29) is 44.0 Å². The molecule has 2 aliphatic heterocycles. The van der Waals surface area contributed by atoms with Gasteiger partial charge in [-0.2, -0.15) is 0 Å². The first kappa shape index (κ1) is 40.9. The van der Waals surface area contributed by atoms with Crippen LogP contribution in [0.4, 0.5) is 21.1 Å². The van der Waals surface area contributed by atoms with Crippen molar-refractivity contribution in [1.29, 1.82) is 0 Å². The summed E-state index contributed by atoms with van der Waals surface area (Å²) in [5, 5.41) is 5.95. The molecule has 2 N–H and O–H groups in total. The number of carbonyl (C=O) groups is 5. The van der Waals surface area contributed by atoms with Crippen molar-refractivity contribution < 1.29 is 33.4 Å². The first-order valence-corrected chi connectivity index (χ1v) is 20.1. The Hall–Kier alpha value is -6.24. The molecule has 13 nitrogen and oxygen atoms in total. The first-order valence-electron chi connectivity index (χ1n) is 20.1. The number of likely N-dealkylation sites (tertiary alicyclic amines) is 1. The monoisotopic (exact) mass is 800 g/mol. The Kier molecular flexibility index (Phi) is 11.5. The summed E-state index contributed by atoms with van der Waals surface area (Å²) in [7, 11) is 1.66. The highest BCUT2D eigenvalue weighted by Crippen LogP contribution is 2.47. The summed E-state index contributed by atoms with van der Waals surface area (Å²) < 4.78 is 11.2. The number of nitrogens with zero attached hydrogens (tertiary/aromatic N) is 4. The molecule has 0 saturated carbocycles. The molecule has 0 radical (unpaired) electrons. The van der Waals surface area contributed by atoms with Gasteiger partial charge in [0.15, 0.2) is 0 Å². The van der Waals surface area contributed by atoms with Gasteiger partial charge >= 0.3 is 12.2 Å². The lowest BCUT2D eigenvalue weighted by molar-refractivity contribution is -0.146. The minimum Gasteiger partial charge on any atom is -0.445 e. The van der Waals surface area contributed by atoms with Gasteiger partial charge in [0.25, 0.3) is 0 Å². The van der Waals surface area contributed by atoms with Gasteiger partial charge in [-0.1, -0.05) is 73.7 Å². The van der Waals surface area contributed by atoms with Crippen LogP contribution >= 0.6 is 0 Å². The van der Waals surface area contributed by atoms with Crippen molar-refractivity contribution in [3.63, 3.8) is 0 Å². The number of fused-ring (bicyclic) bond motifs is 3. The molecule has 1 spiro atoms. The third kappa shape index (κ3) is 9.09. The number of pyridine rings is 1. The summed E-state index contributed by atoms with van der Waals surface area (Å²) in [5.74, 6) is -0.0872. The molecule has 0 bridgehead atoms. The molecule has 1 aromatic heterocycles. The van der Waals surface area contributed by atoms with E-state index in [1.165, 1.54) is 4.90 Å². The fourth-order valence-corrected chi connectivity index (χ4v) is 8.24. The molecule has 13 heteroatoms. The lowest BCUT2D eigenvalue weighted by atomic mass is 9.79. The highest BCUT2D eigenvalue weighted by Gasteiger charge is 2.51. The Morgan fingerprint density at radius 1 is 0.881 bits per heavy atom. The van der Waals surface area contributed by atoms with Crippen molar-refractivity contribution in [2.75, 3.05) is 37.3 Å². The van der Waals surface area contributed by atoms with Gasteiger partial charge < -0.3 is 34.8 Å². The Morgan fingerprint density at radius 3 is 2.27 bits per heavy atom. The molecule has 3 aliphatic rings. The molecule has 1 fully saturated rings. The maximum absolute atomic E-state index is 14.7. The van der Waals surface area contributed by atoms with Crippen LogP contribution in [0.25, 0.3) is 0 Å². The maximum atomic E-state index is 14.7. The Labute approximate surface area is 345 Å². The molecule has 308 valence electrons. The van der Waals surface area contributed by atoms with Gasteiger partial charge in [0, 0.05) is 56.1 Å². The molecule has 5 amide bonds. The summed E-state index contributed by atoms with van der Waals surface area (Å²) in [5.41, 5.74) is 3.63. The molecule has 1 unspecified atom stereocenters. The minimum absolute atomic E-state index is 0.0805. The van der Waals surface area contributed by atoms with Crippen LogP contribution in [-0.2, 0) is 61.8 Å². The largest absolute Gasteiger partial charge is 0.445 e. The SMILES string of the molecule is CN(Cc1ccccc1CN(CC(=O)Nc1ccc2c(c1)CC1(C2)C(=O)Nc2ncccc21)C(=O)C1(C)CCN(C(=O)OCc2ccccc2)CC1)C(=O)OC(C)(C)C. The number of piperidine rings is 1. The molecule has 1 atom stereocenters. The molecule has 1 aliphatic carbocycles. The number of aromatic nitrogens is 1.